The number of H-pyrrole nitrogens is 1. The highest BCUT2D eigenvalue weighted by molar-refractivity contribution is 5.98. The third-order valence-corrected chi connectivity index (χ3v) is 10.6. The van der Waals surface area contributed by atoms with Gasteiger partial charge in [-0.2, -0.15) is 5.21 Å². The van der Waals surface area contributed by atoms with Crippen molar-refractivity contribution in [2.75, 3.05) is 25.0 Å². The first-order chi connectivity index (χ1) is 25.9. The quantitative estimate of drug-likeness (QED) is 0.109. The number of aromatic nitrogens is 4. The Labute approximate surface area is 317 Å². The largest absolute Gasteiger partial charge is 0.349 e. The van der Waals surface area contributed by atoms with Crippen LogP contribution in [0.1, 0.15) is 77.3 Å². The van der Waals surface area contributed by atoms with Crippen LogP contribution in [0.2, 0.25) is 0 Å². The summed E-state index contributed by atoms with van der Waals surface area (Å²) < 4.78 is 15.0. The van der Waals surface area contributed by atoms with E-state index in [0.717, 1.165) is 61.0 Å². The van der Waals surface area contributed by atoms with Crippen LogP contribution in [0.5, 0.6) is 0 Å². The van der Waals surface area contributed by atoms with Gasteiger partial charge in [0.15, 0.2) is 0 Å². The van der Waals surface area contributed by atoms with Gasteiger partial charge in [-0.3, -0.25) is 14.4 Å². The highest BCUT2D eigenvalue weighted by Gasteiger charge is 2.30. The number of hydrogen-bond acceptors (Lipinski definition) is 8. The fourth-order valence-electron chi connectivity index (χ4n) is 7.12. The Balaban J connectivity index is 1.28. The van der Waals surface area contributed by atoms with Gasteiger partial charge in [0.25, 0.3) is 0 Å². The summed E-state index contributed by atoms with van der Waals surface area (Å²) in [4.78, 5) is 42.6. The normalized spacial score (nSPS) is 19.3. The summed E-state index contributed by atoms with van der Waals surface area (Å²) in [7, 11) is 0. The van der Waals surface area contributed by atoms with Gasteiger partial charge in [0.1, 0.15) is 11.9 Å². The molecule has 2 aliphatic rings. The lowest BCUT2D eigenvalue weighted by Gasteiger charge is -2.34. The average Bonchev–Trinajstić information content (AvgIpc) is 3.70. The molecule has 1 saturated carbocycles. The molecule has 12 nitrogen and oxygen atoms in total. The van der Waals surface area contributed by atoms with Gasteiger partial charge in [-0.25, -0.2) is 4.39 Å². The van der Waals surface area contributed by atoms with Crippen LogP contribution in [-0.4, -0.2) is 81.0 Å². The smallest absolute Gasteiger partial charge is 0.247 e. The van der Waals surface area contributed by atoms with Crippen molar-refractivity contribution in [2.24, 2.45) is 17.6 Å². The first-order valence-electron chi connectivity index (χ1n) is 18.9. The Hall–Kier alpha value is -5.01. The van der Waals surface area contributed by atoms with Crippen LogP contribution in [0.4, 0.5) is 10.1 Å². The van der Waals surface area contributed by atoms with Gasteiger partial charge >= 0.3 is 0 Å². The van der Waals surface area contributed by atoms with E-state index in [1.807, 2.05) is 50.3 Å². The minimum absolute atomic E-state index is 0.0740. The number of anilines is 1. The zero-order valence-electron chi connectivity index (χ0n) is 31.8. The number of rotatable bonds is 14. The zero-order valence-corrected chi connectivity index (χ0v) is 31.8. The van der Waals surface area contributed by atoms with E-state index in [9.17, 15) is 18.8 Å². The van der Waals surface area contributed by atoms with Crippen LogP contribution in [0.3, 0.4) is 0 Å². The molecule has 2 heterocycles. The third kappa shape index (κ3) is 10.8. The number of amides is 3. The molecule has 1 aromatic heterocycles. The molecule has 2 aromatic carbocycles. The van der Waals surface area contributed by atoms with E-state index >= 15 is 0 Å². The molecule has 13 heteroatoms. The van der Waals surface area contributed by atoms with Gasteiger partial charge in [0, 0.05) is 48.8 Å². The Morgan fingerprint density at radius 3 is 2.31 bits per heavy atom. The Bertz CT molecular complexity index is 1820. The van der Waals surface area contributed by atoms with E-state index < -0.39 is 17.8 Å². The van der Waals surface area contributed by atoms with Gasteiger partial charge in [-0.05, 0) is 119 Å². The Morgan fingerprint density at radius 1 is 1.02 bits per heavy atom. The average molecular weight is 740 g/mol. The number of aromatic amines is 1. The van der Waals surface area contributed by atoms with Crippen molar-refractivity contribution in [1.29, 1.82) is 0 Å². The number of allylic oxidation sites excluding steroid dienone is 4. The number of nitrogens with two attached hydrogens (primary N) is 1. The lowest BCUT2D eigenvalue weighted by molar-refractivity contribution is -0.130. The summed E-state index contributed by atoms with van der Waals surface area (Å²) in [6, 6.07) is 11.7. The molecule has 3 aromatic rings. The number of benzene rings is 2. The van der Waals surface area contributed by atoms with Gasteiger partial charge in [-0.15, -0.1) is 10.2 Å². The third-order valence-electron chi connectivity index (χ3n) is 10.6. The fraction of sp³-hybridized carbons (Fsp3) is 0.463. The molecule has 1 saturated heterocycles. The van der Waals surface area contributed by atoms with Crippen molar-refractivity contribution >= 4 is 29.0 Å². The molecule has 1 aliphatic heterocycles. The molecule has 1 aliphatic carbocycles. The van der Waals surface area contributed by atoms with E-state index in [2.05, 4.69) is 61.9 Å². The van der Waals surface area contributed by atoms with Crippen molar-refractivity contribution < 1.29 is 18.8 Å². The minimum Gasteiger partial charge on any atom is -0.349 e. The lowest BCUT2D eigenvalue weighted by Crippen LogP contribution is -2.48. The van der Waals surface area contributed by atoms with E-state index in [-0.39, 0.29) is 47.3 Å². The molecule has 54 heavy (non-hydrogen) atoms. The summed E-state index contributed by atoms with van der Waals surface area (Å²) >= 11 is 0. The van der Waals surface area contributed by atoms with Crippen LogP contribution in [0.15, 0.2) is 72.3 Å². The fourth-order valence-corrected chi connectivity index (χ4v) is 7.12. The highest BCUT2D eigenvalue weighted by Crippen LogP contribution is 2.29. The second-order valence-electron chi connectivity index (χ2n) is 14.9. The number of carbonyl (C=O) groups is 3. The number of carbonyl (C=O) groups excluding carboxylic acids is 3. The Kier molecular flexibility index (Phi) is 14.0. The molecule has 2 fully saturated rings. The molecule has 1 atom stereocenters. The van der Waals surface area contributed by atoms with Gasteiger partial charge in [-0.1, -0.05) is 48.6 Å². The molecule has 3 amide bonds. The van der Waals surface area contributed by atoms with Crippen molar-refractivity contribution in [3.63, 3.8) is 0 Å². The van der Waals surface area contributed by atoms with Crippen molar-refractivity contribution in [2.45, 2.75) is 90.8 Å². The zero-order chi connectivity index (χ0) is 38.8. The standard InChI is InChI=1S/C41H54FN9O3/c1-25(2)34(16-6-27(5)39(52)44-32-18-20-51(21-19-32)26(3)4)30-11-7-28(8-12-30)22-37(46-40(53)31-13-9-29(24-43)10-14-31)41(54)45-33-15-17-35(36(42)23-33)38-47-49-50-48-38/h6-8,11-12,15-17,23,26,29,31-32,37H,1,9-10,13-14,18-22,24,43H2,2-5H3,(H,44,52)(H,45,54)(H,46,53)(H,47,48,49,50)/b27-6+,34-16+. The van der Waals surface area contributed by atoms with Gasteiger partial charge in [0.05, 0.1) is 5.56 Å². The van der Waals surface area contributed by atoms with E-state index in [4.69, 9.17) is 5.73 Å². The van der Waals surface area contributed by atoms with Crippen LogP contribution >= 0.6 is 0 Å². The Morgan fingerprint density at radius 2 is 1.72 bits per heavy atom. The van der Waals surface area contributed by atoms with Crippen LogP contribution in [0, 0.1) is 17.7 Å². The van der Waals surface area contributed by atoms with Crippen LogP contribution in [-0.2, 0) is 20.8 Å². The monoisotopic (exact) mass is 739 g/mol. The summed E-state index contributed by atoms with van der Waals surface area (Å²) in [5.74, 6) is -1.06. The van der Waals surface area contributed by atoms with Gasteiger partial charge in [0.2, 0.25) is 23.5 Å². The molecule has 0 radical (unpaired) electrons. The predicted molar refractivity (Wildman–Crippen MR) is 209 cm³/mol. The van der Waals surface area contributed by atoms with E-state index in [1.165, 1.54) is 12.1 Å². The maximum absolute atomic E-state index is 15.0. The number of piperidine rings is 1. The molecular weight excluding hydrogens is 686 g/mol. The molecule has 288 valence electrons. The molecular formula is C41H54FN9O3. The summed E-state index contributed by atoms with van der Waals surface area (Å²) in [6.45, 7) is 14.9. The summed E-state index contributed by atoms with van der Waals surface area (Å²) in [6.07, 6.45) is 8.98. The topological polar surface area (TPSA) is 171 Å². The highest BCUT2D eigenvalue weighted by atomic mass is 19.1. The maximum atomic E-state index is 15.0. The maximum Gasteiger partial charge on any atom is 0.247 e. The van der Waals surface area contributed by atoms with Crippen molar-refractivity contribution in [3.05, 3.63) is 89.3 Å². The van der Waals surface area contributed by atoms with E-state index in [1.54, 1.807) is 6.07 Å². The van der Waals surface area contributed by atoms with Gasteiger partial charge < -0.3 is 26.6 Å². The number of halogens is 1. The summed E-state index contributed by atoms with van der Waals surface area (Å²) in [5, 5.41) is 22.4. The first kappa shape index (κ1) is 40.2. The number of nitrogens with zero attached hydrogens (tertiary/aromatic N) is 4. The van der Waals surface area contributed by atoms with Crippen molar-refractivity contribution in [1.82, 2.24) is 36.2 Å². The lowest BCUT2D eigenvalue weighted by atomic mass is 9.81. The molecule has 6 N–H and O–H groups in total. The first-order valence-corrected chi connectivity index (χ1v) is 18.9. The predicted octanol–water partition coefficient (Wildman–Crippen LogP) is 5.33. The number of tetrazole rings is 1. The second kappa shape index (κ2) is 18.8. The molecule has 0 spiro atoms. The molecule has 5 rings (SSSR count). The molecule has 0 bridgehead atoms. The van der Waals surface area contributed by atoms with Crippen LogP contribution < -0.4 is 21.7 Å². The van der Waals surface area contributed by atoms with Crippen LogP contribution in [0.25, 0.3) is 17.0 Å². The SMILES string of the molecule is C=C(C)/C(=C\C=C(/C)C(=O)NC1CCN(C(C)C)CC1)c1ccc(CC(NC(=O)C2CCC(CN)CC2)C(=O)Nc2ccc(-c3nn[nH]n3)c(F)c2)cc1. The minimum atomic E-state index is -0.923. The van der Waals surface area contributed by atoms with Crippen molar-refractivity contribution in [3.8, 4) is 11.4 Å². The number of hydrogen-bond donors (Lipinski definition) is 5. The number of nitrogens with one attached hydrogen (secondary N) is 4. The van der Waals surface area contributed by atoms with E-state index in [0.29, 0.717) is 36.9 Å². The second-order valence-corrected chi connectivity index (χ2v) is 14.9. The summed E-state index contributed by atoms with van der Waals surface area (Å²) in [5.41, 5.74) is 10.3. The molecule has 1 unspecified atom stereocenters. The number of likely N-dealkylation sites (tertiary alicyclic amines) is 1.